The van der Waals surface area contributed by atoms with Gasteiger partial charge in [0, 0.05) is 47.9 Å². The quantitative estimate of drug-likeness (QED) is 0.495. The van der Waals surface area contributed by atoms with Gasteiger partial charge in [0.2, 0.25) is 5.75 Å². The number of carbonyl (C=O) groups excluding carboxylic acids is 2. The van der Waals surface area contributed by atoms with E-state index in [0.29, 0.717) is 30.3 Å². The summed E-state index contributed by atoms with van der Waals surface area (Å²) in [5.41, 5.74) is 2.46. The third-order valence-electron chi connectivity index (χ3n) is 6.26. The highest BCUT2D eigenvalue weighted by Gasteiger charge is 2.25. The van der Waals surface area contributed by atoms with Gasteiger partial charge >= 0.3 is 0 Å². The molecule has 184 valence electrons. The predicted molar refractivity (Wildman–Crippen MR) is 135 cm³/mol. The first-order chi connectivity index (χ1) is 17.0. The lowest BCUT2D eigenvalue weighted by molar-refractivity contribution is -0.126. The number of methoxy groups -OCH3 is 3. The number of benzene rings is 2. The Morgan fingerprint density at radius 2 is 1.66 bits per heavy atom. The Morgan fingerprint density at radius 1 is 1.00 bits per heavy atom. The van der Waals surface area contributed by atoms with Crippen molar-refractivity contribution in [3.63, 3.8) is 0 Å². The standard InChI is InChI=1S/C27H31N3O5/c1-5-29-17-19(20-10-6-7-11-22(20)29)14-21(27(32)30-12-8-9-13-30)28-26(31)18-15-23(33-2)25(35-4)24(16-18)34-3/h6-7,10-11,14-17H,5,8-9,12-13H2,1-4H3,(H,28,31)/b21-14-. The van der Waals surface area contributed by atoms with Crippen LogP contribution in [0.15, 0.2) is 48.3 Å². The van der Waals surface area contributed by atoms with Gasteiger partial charge < -0.3 is 29.0 Å². The van der Waals surface area contributed by atoms with Crippen LogP contribution in [-0.2, 0) is 11.3 Å². The van der Waals surface area contributed by atoms with E-state index in [0.717, 1.165) is 35.9 Å². The molecule has 2 aromatic carbocycles. The van der Waals surface area contributed by atoms with Gasteiger partial charge in [-0.3, -0.25) is 9.59 Å². The van der Waals surface area contributed by atoms with E-state index in [2.05, 4.69) is 16.8 Å². The zero-order valence-electron chi connectivity index (χ0n) is 20.6. The Hall–Kier alpha value is -3.94. The maximum absolute atomic E-state index is 13.4. The van der Waals surface area contributed by atoms with Crippen molar-refractivity contribution in [3.05, 3.63) is 59.4 Å². The number of carbonyl (C=O) groups is 2. The van der Waals surface area contributed by atoms with Gasteiger partial charge in [0.1, 0.15) is 5.70 Å². The zero-order valence-corrected chi connectivity index (χ0v) is 20.6. The number of amides is 2. The first-order valence-corrected chi connectivity index (χ1v) is 11.7. The maximum atomic E-state index is 13.4. The fourth-order valence-corrected chi connectivity index (χ4v) is 4.46. The van der Waals surface area contributed by atoms with Crippen LogP contribution in [-0.4, -0.2) is 55.7 Å². The van der Waals surface area contributed by atoms with Crippen LogP contribution in [0, 0.1) is 0 Å². The molecule has 2 amide bonds. The van der Waals surface area contributed by atoms with E-state index >= 15 is 0 Å². The van der Waals surface area contributed by atoms with E-state index in [1.807, 2.05) is 30.5 Å². The highest BCUT2D eigenvalue weighted by atomic mass is 16.5. The first kappa shape index (κ1) is 24.2. The summed E-state index contributed by atoms with van der Waals surface area (Å²) in [6, 6.07) is 11.2. The minimum absolute atomic E-state index is 0.198. The Kier molecular flexibility index (Phi) is 7.29. The van der Waals surface area contributed by atoms with Gasteiger partial charge in [0.05, 0.1) is 21.3 Å². The van der Waals surface area contributed by atoms with Crippen molar-refractivity contribution in [3.8, 4) is 17.2 Å². The lowest BCUT2D eigenvalue weighted by Gasteiger charge is -2.19. The Bertz CT molecular complexity index is 1250. The van der Waals surface area contributed by atoms with Gasteiger partial charge in [-0.15, -0.1) is 0 Å². The summed E-state index contributed by atoms with van der Waals surface area (Å²) in [6.07, 6.45) is 5.68. The molecule has 0 spiro atoms. The number of hydrogen-bond donors (Lipinski definition) is 1. The van der Waals surface area contributed by atoms with Crippen LogP contribution in [0.3, 0.4) is 0 Å². The highest BCUT2D eigenvalue weighted by Crippen LogP contribution is 2.38. The molecule has 1 aliphatic heterocycles. The molecular formula is C27H31N3O5. The normalized spacial score (nSPS) is 13.7. The molecule has 35 heavy (non-hydrogen) atoms. The molecule has 4 rings (SSSR count). The van der Waals surface area contributed by atoms with E-state index in [-0.39, 0.29) is 17.2 Å². The number of likely N-dealkylation sites (tertiary alicyclic amines) is 1. The second-order valence-corrected chi connectivity index (χ2v) is 8.31. The molecule has 0 aliphatic carbocycles. The number of fused-ring (bicyclic) bond motifs is 1. The van der Waals surface area contributed by atoms with Crippen LogP contribution in [0.25, 0.3) is 17.0 Å². The molecular weight excluding hydrogens is 446 g/mol. The zero-order chi connectivity index (χ0) is 24.9. The molecule has 0 atom stereocenters. The van der Waals surface area contributed by atoms with Crippen molar-refractivity contribution in [2.45, 2.75) is 26.3 Å². The molecule has 2 heterocycles. The second-order valence-electron chi connectivity index (χ2n) is 8.31. The number of ether oxygens (including phenoxy) is 3. The number of aryl methyl sites for hydroxylation is 1. The molecule has 3 aromatic rings. The van der Waals surface area contributed by atoms with Crippen molar-refractivity contribution in [2.75, 3.05) is 34.4 Å². The fraction of sp³-hybridized carbons (Fsp3) is 0.333. The number of nitrogens with one attached hydrogen (secondary N) is 1. The molecule has 1 N–H and O–H groups in total. The van der Waals surface area contributed by atoms with Crippen LogP contribution >= 0.6 is 0 Å². The largest absolute Gasteiger partial charge is 0.493 e. The fourth-order valence-electron chi connectivity index (χ4n) is 4.46. The van der Waals surface area contributed by atoms with E-state index < -0.39 is 5.91 Å². The maximum Gasteiger partial charge on any atom is 0.270 e. The minimum atomic E-state index is -0.442. The number of rotatable bonds is 8. The average Bonchev–Trinajstić information content (AvgIpc) is 3.55. The van der Waals surface area contributed by atoms with Crippen LogP contribution in [0.2, 0.25) is 0 Å². The summed E-state index contributed by atoms with van der Waals surface area (Å²) in [6.45, 7) is 4.21. The first-order valence-electron chi connectivity index (χ1n) is 11.7. The molecule has 8 nitrogen and oxygen atoms in total. The van der Waals surface area contributed by atoms with Gasteiger partial charge in [-0.25, -0.2) is 0 Å². The van der Waals surface area contributed by atoms with Crippen LogP contribution in [0.1, 0.15) is 35.7 Å². The summed E-state index contributed by atoms with van der Waals surface area (Å²) < 4.78 is 18.3. The van der Waals surface area contributed by atoms with Crippen LogP contribution in [0.5, 0.6) is 17.2 Å². The predicted octanol–water partition coefficient (Wildman–Crippen LogP) is 4.08. The van der Waals surface area contributed by atoms with E-state index in [1.165, 1.54) is 21.3 Å². The third-order valence-corrected chi connectivity index (χ3v) is 6.26. The molecule has 8 heteroatoms. The van der Waals surface area contributed by atoms with Gasteiger partial charge in [-0.2, -0.15) is 0 Å². The molecule has 1 fully saturated rings. The molecule has 0 radical (unpaired) electrons. The van der Waals surface area contributed by atoms with E-state index in [1.54, 1.807) is 23.1 Å². The average molecular weight is 478 g/mol. The Morgan fingerprint density at radius 3 is 2.26 bits per heavy atom. The summed E-state index contributed by atoms with van der Waals surface area (Å²) in [4.78, 5) is 28.6. The number of hydrogen-bond acceptors (Lipinski definition) is 5. The van der Waals surface area contributed by atoms with Crippen LogP contribution in [0.4, 0.5) is 0 Å². The lowest BCUT2D eigenvalue weighted by Crippen LogP contribution is -2.36. The van der Waals surface area contributed by atoms with Gasteiger partial charge in [-0.05, 0) is 44.0 Å². The Balaban J connectivity index is 1.75. The van der Waals surface area contributed by atoms with Crippen molar-refractivity contribution in [1.82, 2.24) is 14.8 Å². The van der Waals surface area contributed by atoms with Crippen molar-refractivity contribution >= 4 is 28.8 Å². The lowest BCUT2D eigenvalue weighted by atomic mass is 10.1. The number of nitrogens with zero attached hydrogens (tertiary/aromatic N) is 2. The van der Waals surface area contributed by atoms with Crippen molar-refractivity contribution in [1.29, 1.82) is 0 Å². The van der Waals surface area contributed by atoms with Gasteiger partial charge in [-0.1, -0.05) is 18.2 Å². The molecule has 1 saturated heterocycles. The third kappa shape index (κ3) is 4.82. The molecule has 1 aliphatic rings. The highest BCUT2D eigenvalue weighted by molar-refractivity contribution is 6.07. The second kappa shape index (κ2) is 10.5. The molecule has 1 aromatic heterocycles. The Labute approximate surface area is 205 Å². The molecule has 0 unspecified atom stereocenters. The van der Waals surface area contributed by atoms with Gasteiger partial charge in [0.15, 0.2) is 11.5 Å². The number of aromatic nitrogens is 1. The summed E-state index contributed by atoms with van der Waals surface area (Å²) in [5.74, 6) is 0.473. The van der Waals surface area contributed by atoms with E-state index in [9.17, 15) is 9.59 Å². The van der Waals surface area contributed by atoms with Gasteiger partial charge in [0.25, 0.3) is 11.8 Å². The monoisotopic (exact) mass is 477 g/mol. The number of para-hydroxylation sites is 1. The minimum Gasteiger partial charge on any atom is -0.493 e. The topological polar surface area (TPSA) is 82.0 Å². The van der Waals surface area contributed by atoms with Crippen molar-refractivity contribution < 1.29 is 23.8 Å². The summed E-state index contributed by atoms with van der Waals surface area (Å²) in [7, 11) is 4.48. The molecule has 0 bridgehead atoms. The SMILES string of the molecule is CCn1cc(/C=C(\NC(=O)c2cc(OC)c(OC)c(OC)c2)C(=O)N2CCCC2)c2ccccc21. The van der Waals surface area contributed by atoms with Crippen LogP contribution < -0.4 is 19.5 Å². The molecule has 0 saturated carbocycles. The summed E-state index contributed by atoms with van der Waals surface area (Å²) in [5, 5.41) is 3.88. The smallest absolute Gasteiger partial charge is 0.270 e. The summed E-state index contributed by atoms with van der Waals surface area (Å²) >= 11 is 0. The van der Waals surface area contributed by atoms with E-state index in [4.69, 9.17) is 14.2 Å². The van der Waals surface area contributed by atoms with Crippen molar-refractivity contribution in [2.24, 2.45) is 0 Å².